The number of anilines is 2. The molecule has 7 heteroatoms. The molecular weight excluding hydrogens is 320 g/mol. The molecule has 0 unspecified atom stereocenters. The molecule has 1 aromatic heterocycles. The van der Waals surface area contributed by atoms with E-state index in [0.717, 1.165) is 0 Å². The summed E-state index contributed by atoms with van der Waals surface area (Å²) < 4.78 is 10.7. The molecule has 0 spiro atoms. The Hall–Kier alpha value is -2.67. The van der Waals surface area contributed by atoms with Gasteiger partial charge in [0.15, 0.2) is 0 Å². The van der Waals surface area contributed by atoms with Crippen molar-refractivity contribution >= 4 is 17.5 Å². The van der Waals surface area contributed by atoms with Crippen LogP contribution in [0.5, 0.6) is 5.75 Å². The van der Waals surface area contributed by atoms with Crippen LogP contribution in [0.3, 0.4) is 0 Å². The first-order valence-electron chi connectivity index (χ1n) is 8.15. The van der Waals surface area contributed by atoms with Crippen LogP contribution < -0.4 is 15.4 Å². The maximum absolute atomic E-state index is 12.6. The zero-order valence-electron chi connectivity index (χ0n) is 15.0. The largest absolute Gasteiger partial charge is 0.489 e. The average molecular weight is 344 g/mol. The first-order chi connectivity index (χ1) is 12.0. The Kier molecular flexibility index (Phi) is 6.71. The minimum absolute atomic E-state index is 0.0101. The molecule has 2 aromatic rings. The number of aromatic nitrogens is 2. The number of carbonyl (C=O) groups is 1. The molecule has 1 heterocycles. The second kappa shape index (κ2) is 8.98. The topological polar surface area (TPSA) is 85.4 Å². The zero-order chi connectivity index (χ0) is 18.2. The number of ether oxygens (including phenoxy) is 2. The lowest BCUT2D eigenvalue weighted by Crippen LogP contribution is -2.18. The van der Waals surface area contributed by atoms with Gasteiger partial charge in [0, 0.05) is 19.3 Å². The van der Waals surface area contributed by atoms with Crippen LogP contribution >= 0.6 is 0 Å². The van der Waals surface area contributed by atoms with Gasteiger partial charge in [0.25, 0.3) is 5.91 Å². The minimum Gasteiger partial charge on any atom is -0.489 e. The fourth-order valence-electron chi connectivity index (χ4n) is 2.14. The first-order valence-corrected chi connectivity index (χ1v) is 8.15. The van der Waals surface area contributed by atoms with Crippen LogP contribution in [0.25, 0.3) is 0 Å². The van der Waals surface area contributed by atoms with E-state index in [-0.39, 0.29) is 17.7 Å². The smallest absolute Gasteiger partial charge is 0.274 e. The summed E-state index contributed by atoms with van der Waals surface area (Å²) in [4.78, 5) is 21.1. The molecule has 0 radical (unpaired) electrons. The third-order valence-electron chi connectivity index (χ3n) is 3.17. The summed E-state index contributed by atoms with van der Waals surface area (Å²) in [6.45, 7) is 6.77. The molecule has 1 aromatic carbocycles. The number of nitrogens with zero attached hydrogens (tertiary/aromatic N) is 2. The monoisotopic (exact) mass is 344 g/mol. The Morgan fingerprint density at radius 2 is 2.00 bits per heavy atom. The van der Waals surface area contributed by atoms with E-state index in [1.807, 2.05) is 39.0 Å². The van der Waals surface area contributed by atoms with E-state index >= 15 is 0 Å². The number of rotatable bonds is 8. The maximum atomic E-state index is 12.6. The number of para-hydroxylation sites is 2. The molecule has 0 saturated carbocycles. The molecule has 7 nitrogen and oxygen atoms in total. The van der Waals surface area contributed by atoms with E-state index in [9.17, 15) is 4.79 Å². The Bertz CT molecular complexity index is 719. The fourth-order valence-corrected chi connectivity index (χ4v) is 2.14. The van der Waals surface area contributed by atoms with Crippen LogP contribution in [0.1, 0.15) is 30.0 Å². The van der Waals surface area contributed by atoms with Crippen molar-refractivity contribution in [2.45, 2.75) is 26.9 Å². The molecule has 0 aliphatic carbocycles. The van der Waals surface area contributed by atoms with E-state index in [4.69, 9.17) is 9.47 Å². The van der Waals surface area contributed by atoms with E-state index in [1.165, 1.54) is 0 Å². The highest BCUT2D eigenvalue weighted by molar-refractivity contribution is 6.03. The van der Waals surface area contributed by atoms with Crippen molar-refractivity contribution in [2.75, 3.05) is 30.9 Å². The van der Waals surface area contributed by atoms with Crippen molar-refractivity contribution in [3.05, 3.63) is 41.7 Å². The lowest BCUT2D eigenvalue weighted by atomic mass is 10.2. The summed E-state index contributed by atoms with van der Waals surface area (Å²) in [5, 5.41) is 5.88. The second-order valence-electron chi connectivity index (χ2n) is 5.75. The number of amides is 1. The van der Waals surface area contributed by atoms with Crippen LogP contribution in [-0.4, -0.2) is 42.2 Å². The Labute approximate surface area is 147 Å². The molecule has 0 aliphatic heterocycles. The third kappa shape index (κ3) is 5.72. The van der Waals surface area contributed by atoms with Gasteiger partial charge in [-0.2, -0.15) is 0 Å². The highest BCUT2D eigenvalue weighted by Gasteiger charge is 2.14. The zero-order valence-corrected chi connectivity index (χ0v) is 15.0. The summed E-state index contributed by atoms with van der Waals surface area (Å²) >= 11 is 0. The molecule has 1 amide bonds. The molecular formula is C18H24N4O3. The Morgan fingerprint density at radius 3 is 2.72 bits per heavy atom. The predicted octanol–water partition coefficient (Wildman–Crippen LogP) is 2.88. The van der Waals surface area contributed by atoms with Crippen LogP contribution in [0, 0.1) is 6.92 Å². The number of methoxy groups -OCH3 is 1. The molecule has 0 aliphatic rings. The lowest BCUT2D eigenvalue weighted by molar-refractivity contribution is 0.102. The van der Waals surface area contributed by atoms with Crippen molar-refractivity contribution < 1.29 is 14.3 Å². The van der Waals surface area contributed by atoms with Crippen LogP contribution in [0.4, 0.5) is 11.6 Å². The SMILES string of the molecule is COCCNc1nc(C)cc(C(=O)Nc2ccccc2OC(C)C)n1. The number of hydrogen-bond donors (Lipinski definition) is 2. The van der Waals surface area contributed by atoms with Gasteiger partial charge in [0.1, 0.15) is 11.4 Å². The molecule has 0 atom stereocenters. The van der Waals surface area contributed by atoms with Gasteiger partial charge < -0.3 is 20.1 Å². The van der Waals surface area contributed by atoms with Crippen LogP contribution in [0.15, 0.2) is 30.3 Å². The molecule has 2 N–H and O–H groups in total. The van der Waals surface area contributed by atoms with E-state index in [0.29, 0.717) is 36.2 Å². The van der Waals surface area contributed by atoms with Crippen LogP contribution in [-0.2, 0) is 4.74 Å². The maximum Gasteiger partial charge on any atom is 0.274 e. The molecule has 0 saturated heterocycles. The Balaban J connectivity index is 2.15. The standard InChI is InChI=1S/C18H24N4O3/c1-12(2)25-16-8-6-5-7-14(16)21-17(23)15-11-13(3)20-18(22-15)19-9-10-24-4/h5-8,11-12H,9-10H2,1-4H3,(H,21,23)(H,19,20,22). The van der Waals surface area contributed by atoms with E-state index < -0.39 is 0 Å². The summed E-state index contributed by atoms with van der Waals surface area (Å²) in [7, 11) is 1.62. The van der Waals surface area contributed by atoms with E-state index in [2.05, 4.69) is 20.6 Å². The number of benzene rings is 1. The van der Waals surface area contributed by atoms with Gasteiger partial charge in [-0.15, -0.1) is 0 Å². The van der Waals surface area contributed by atoms with Gasteiger partial charge >= 0.3 is 0 Å². The molecule has 134 valence electrons. The summed E-state index contributed by atoms with van der Waals surface area (Å²) in [6.07, 6.45) is 0.0101. The highest BCUT2D eigenvalue weighted by atomic mass is 16.5. The van der Waals surface area contributed by atoms with Crippen LogP contribution in [0.2, 0.25) is 0 Å². The van der Waals surface area contributed by atoms with Crippen molar-refractivity contribution in [2.24, 2.45) is 0 Å². The minimum atomic E-state index is -0.319. The summed E-state index contributed by atoms with van der Waals surface area (Å²) in [6, 6.07) is 8.95. The average Bonchev–Trinajstić information content (AvgIpc) is 2.56. The summed E-state index contributed by atoms with van der Waals surface area (Å²) in [5.41, 5.74) is 1.59. The predicted molar refractivity (Wildman–Crippen MR) is 97.3 cm³/mol. The van der Waals surface area contributed by atoms with E-state index in [1.54, 1.807) is 19.2 Å². The third-order valence-corrected chi connectivity index (χ3v) is 3.17. The molecule has 0 bridgehead atoms. The first kappa shape index (κ1) is 18.7. The number of hydrogen-bond acceptors (Lipinski definition) is 6. The second-order valence-corrected chi connectivity index (χ2v) is 5.75. The van der Waals surface area contributed by atoms with Gasteiger partial charge in [0.2, 0.25) is 5.95 Å². The van der Waals surface area contributed by atoms with Gasteiger partial charge in [-0.25, -0.2) is 9.97 Å². The van der Waals surface area contributed by atoms with Crippen molar-refractivity contribution in [3.8, 4) is 5.75 Å². The Morgan fingerprint density at radius 1 is 1.24 bits per heavy atom. The normalized spacial score (nSPS) is 10.6. The summed E-state index contributed by atoms with van der Waals surface area (Å²) in [5.74, 6) is 0.698. The molecule has 0 fully saturated rings. The van der Waals surface area contributed by atoms with Crippen molar-refractivity contribution in [1.82, 2.24) is 9.97 Å². The molecule has 2 rings (SSSR count). The number of aryl methyl sites for hydroxylation is 1. The van der Waals surface area contributed by atoms with Gasteiger partial charge in [0.05, 0.1) is 18.4 Å². The van der Waals surface area contributed by atoms with Crippen molar-refractivity contribution in [1.29, 1.82) is 0 Å². The highest BCUT2D eigenvalue weighted by Crippen LogP contribution is 2.25. The molecule has 25 heavy (non-hydrogen) atoms. The van der Waals surface area contributed by atoms with Crippen molar-refractivity contribution in [3.63, 3.8) is 0 Å². The lowest BCUT2D eigenvalue weighted by Gasteiger charge is -2.15. The van der Waals surface area contributed by atoms with Gasteiger partial charge in [-0.1, -0.05) is 12.1 Å². The van der Waals surface area contributed by atoms with Gasteiger partial charge in [-0.05, 0) is 39.0 Å². The number of nitrogens with one attached hydrogen (secondary N) is 2. The fraction of sp³-hybridized carbons (Fsp3) is 0.389. The quantitative estimate of drug-likeness (QED) is 0.716. The number of carbonyl (C=O) groups excluding carboxylic acids is 1. The van der Waals surface area contributed by atoms with Gasteiger partial charge in [-0.3, -0.25) is 4.79 Å².